The molecule has 3 heteroatoms. The van der Waals surface area contributed by atoms with Gasteiger partial charge in [0.15, 0.2) is 0 Å². The van der Waals surface area contributed by atoms with Gasteiger partial charge in [-0.05, 0) is 31.5 Å². The number of hydrogen-bond acceptors (Lipinski definition) is 2. The summed E-state index contributed by atoms with van der Waals surface area (Å²) in [6.45, 7) is 0. The Labute approximate surface area is 108 Å². The number of ether oxygens (including phenoxy) is 1. The summed E-state index contributed by atoms with van der Waals surface area (Å²) in [6, 6.07) is 8.08. The molecule has 0 spiro atoms. The molecule has 0 aromatic heterocycles. The molecular weight excluding hydrogens is 234 g/mol. The maximum Gasteiger partial charge on any atom is 0.0795 e. The van der Waals surface area contributed by atoms with E-state index in [1.165, 1.54) is 12.8 Å². The molecule has 0 bridgehead atoms. The molecule has 2 unspecified atom stereocenters. The van der Waals surface area contributed by atoms with Gasteiger partial charge in [0.25, 0.3) is 0 Å². The highest BCUT2D eigenvalue weighted by Crippen LogP contribution is 2.41. The molecule has 1 aromatic rings. The monoisotopic (exact) mass is 253 g/mol. The number of hydrogen-bond donors (Lipinski definition) is 1. The van der Waals surface area contributed by atoms with E-state index >= 15 is 0 Å². The lowest BCUT2D eigenvalue weighted by Gasteiger charge is -2.44. The van der Waals surface area contributed by atoms with Gasteiger partial charge in [-0.2, -0.15) is 0 Å². The SMILES string of the molecule is CNC1(c2ccccc2Cl)CCCCC1OC. The zero-order valence-electron chi connectivity index (χ0n) is 10.5. The normalized spacial score (nSPS) is 29.2. The van der Waals surface area contributed by atoms with Gasteiger partial charge in [-0.15, -0.1) is 0 Å². The van der Waals surface area contributed by atoms with Crippen LogP contribution in [0.5, 0.6) is 0 Å². The van der Waals surface area contributed by atoms with Gasteiger partial charge in [0, 0.05) is 12.1 Å². The highest BCUT2D eigenvalue weighted by atomic mass is 35.5. The van der Waals surface area contributed by atoms with Crippen molar-refractivity contribution in [2.24, 2.45) is 0 Å². The summed E-state index contributed by atoms with van der Waals surface area (Å²) >= 11 is 6.35. The molecular formula is C14H20ClNO. The van der Waals surface area contributed by atoms with Crippen LogP contribution in [0.25, 0.3) is 0 Å². The van der Waals surface area contributed by atoms with E-state index in [2.05, 4.69) is 11.4 Å². The third-order valence-corrected chi connectivity index (χ3v) is 4.25. The maximum atomic E-state index is 6.35. The molecule has 0 radical (unpaired) electrons. The minimum Gasteiger partial charge on any atom is -0.379 e. The lowest BCUT2D eigenvalue weighted by molar-refractivity contribution is -0.0118. The smallest absolute Gasteiger partial charge is 0.0795 e. The average molecular weight is 254 g/mol. The van der Waals surface area contributed by atoms with Crippen molar-refractivity contribution in [2.45, 2.75) is 37.3 Å². The van der Waals surface area contributed by atoms with E-state index in [9.17, 15) is 0 Å². The summed E-state index contributed by atoms with van der Waals surface area (Å²) in [5, 5.41) is 4.29. The van der Waals surface area contributed by atoms with Crippen LogP contribution in [0.15, 0.2) is 24.3 Å². The van der Waals surface area contributed by atoms with Crippen molar-refractivity contribution in [3.63, 3.8) is 0 Å². The minimum absolute atomic E-state index is 0.134. The molecule has 17 heavy (non-hydrogen) atoms. The predicted molar refractivity (Wildman–Crippen MR) is 71.5 cm³/mol. The number of rotatable bonds is 3. The molecule has 2 atom stereocenters. The van der Waals surface area contributed by atoms with Gasteiger partial charge in [-0.3, -0.25) is 0 Å². The standard InChI is InChI=1S/C14H20ClNO/c1-16-14(10-6-5-9-13(14)17-2)11-7-3-4-8-12(11)15/h3-4,7-8,13,16H,5-6,9-10H2,1-2H3. The second kappa shape index (κ2) is 5.38. The molecule has 2 rings (SSSR count). The maximum absolute atomic E-state index is 6.35. The summed E-state index contributed by atoms with van der Waals surface area (Å²) in [5.41, 5.74) is 1.03. The van der Waals surface area contributed by atoms with Gasteiger partial charge in [-0.25, -0.2) is 0 Å². The summed E-state index contributed by atoms with van der Waals surface area (Å²) in [5.74, 6) is 0. The van der Waals surface area contributed by atoms with E-state index in [0.717, 1.165) is 23.4 Å². The second-order valence-electron chi connectivity index (χ2n) is 4.67. The van der Waals surface area contributed by atoms with Crippen molar-refractivity contribution >= 4 is 11.6 Å². The first-order valence-electron chi connectivity index (χ1n) is 6.21. The van der Waals surface area contributed by atoms with Gasteiger partial charge < -0.3 is 10.1 Å². The molecule has 0 amide bonds. The van der Waals surface area contributed by atoms with Crippen LogP contribution in [0.1, 0.15) is 31.2 Å². The van der Waals surface area contributed by atoms with E-state index in [0.29, 0.717) is 0 Å². The van der Waals surface area contributed by atoms with Crippen molar-refractivity contribution in [1.82, 2.24) is 5.32 Å². The quantitative estimate of drug-likeness (QED) is 0.892. The fourth-order valence-corrected chi connectivity index (χ4v) is 3.32. The molecule has 1 aliphatic rings. The first-order valence-corrected chi connectivity index (χ1v) is 6.59. The molecule has 1 N–H and O–H groups in total. The van der Waals surface area contributed by atoms with Crippen LogP contribution < -0.4 is 5.32 Å². The number of methoxy groups -OCH3 is 1. The van der Waals surface area contributed by atoms with Gasteiger partial charge in [0.1, 0.15) is 0 Å². The fourth-order valence-electron chi connectivity index (χ4n) is 3.01. The number of nitrogens with one attached hydrogen (secondary N) is 1. The zero-order chi connectivity index (χ0) is 12.3. The lowest BCUT2D eigenvalue weighted by Crippen LogP contribution is -2.52. The van der Waals surface area contributed by atoms with E-state index in [4.69, 9.17) is 16.3 Å². The zero-order valence-corrected chi connectivity index (χ0v) is 11.3. The molecule has 94 valence electrons. The van der Waals surface area contributed by atoms with Crippen LogP contribution in [0, 0.1) is 0 Å². The van der Waals surface area contributed by atoms with Gasteiger partial charge in [0.2, 0.25) is 0 Å². The molecule has 1 fully saturated rings. The summed E-state index contributed by atoms with van der Waals surface area (Å²) in [4.78, 5) is 0. The average Bonchev–Trinajstić information content (AvgIpc) is 2.39. The topological polar surface area (TPSA) is 21.3 Å². The summed E-state index contributed by atoms with van der Waals surface area (Å²) < 4.78 is 5.69. The second-order valence-corrected chi connectivity index (χ2v) is 5.08. The Morgan fingerprint density at radius 3 is 2.76 bits per heavy atom. The fraction of sp³-hybridized carbons (Fsp3) is 0.571. The van der Waals surface area contributed by atoms with Crippen LogP contribution in [0.4, 0.5) is 0 Å². The van der Waals surface area contributed by atoms with E-state index in [-0.39, 0.29) is 11.6 Å². The summed E-state index contributed by atoms with van der Waals surface area (Å²) in [7, 11) is 3.79. The van der Waals surface area contributed by atoms with E-state index < -0.39 is 0 Å². The Balaban J connectivity index is 2.45. The van der Waals surface area contributed by atoms with Crippen LogP contribution in [0.3, 0.4) is 0 Å². The first kappa shape index (κ1) is 12.9. The van der Waals surface area contributed by atoms with Gasteiger partial charge in [-0.1, -0.05) is 42.6 Å². The highest BCUT2D eigenvalue weighted by molar-refractivity contribution is 6.31. The van der Waals surface area contributed by atoms with Crippen molar-refractivity contribution < 1.29 is 4.74 Å². The number of likely N-dealkylation sites (N-methyl/N-ethyl adjacent to an activating group) is 1. The Morgan fingerprint density at radius 2 is 2.12 bits per heavy atom. The van der Waals surface area contributed by atoms with Gasteiger partial charge in [0.05, 0.1) is 11.6 Å². The molecule has 1 aliphatic carbocycles. The lowest BCUT2D eigenvalue weighted by atomic mass is 9.74. The Hall–Kier alpha value is -0.570. The van der Waals surface area contributed by atoms with E-state index in [1.54, 1.807) is 7.11 Å². The van der Waals surface area contributed by atoms with Crippen LogP contribution in [-0.2, 0) is 10.3 Å². The number of halogens is 1. The van der Waals surface area contributed by atoms with Crippen LogP contribution >= 0.6 is 11.6 Å². The summed E-state index contributed by atoms with van der Waals surface area (Å²) in [6.07, 6.45) is 4.80. The molecule has 2 nitrogen and oxygen atoms in total. The molecule has 0 saturated heterocycles. The van der Waals surface area contributed by atoms with Crippen LogP contribution in [-0.4, -0.2) is 20.3 Å². The third-order valence-electron chi connectivity index (χ3n) is 3.92. The van der Waals surface area contributed by atoms with Crippen molar-refractivity contribution in [1.29, 1.82) is 0 Å². The largest absolute Gasteiger partial charge is 0.379 e. The van der Waals surface area contributed by atoms with Crippen molar-refractivity contribution in [3.05, 3.63) is 34.9 Å². The third kappa shape index (κ3) is 2.22. The molecule has 0 heterocycles. The Bertz CT molecular complexity index is 382. The van der Waals surface area contributed by atoms with Crippen molar-refractivity contribution in [3.8, 4) is 0 Å². The molecule has 1 saturated carbocycles. The van der Waals surface area contributed by atoms with E-state index in [1.807, 2.05) is 25.2 Å². The van der Waals surface area contributed by atoms with Crippen molar-refractivity contribution in [2.75, 3.05) is 14.2 Å². The van der Waals surface area contributed by atoms with Gasteiger partial charge >= 0.3 is 0 Å². The Morgan fingerprint density at radius 1 is 1.35 bits per heavy atom. The highest BCUT2D eigenvalue weighted by Gasteiger charge is 2.42. The van der Waals surface area contributed by atoms with Crippen LogP contribution in [0.2, 0.25) is 5.02 Å². The first-order chi connectivity index (χ1) is 8.24. The minimum atomic E-state index is -0.134. The Kier molecular flexibility index (Phi) is 4.08. The number of benzene rings is 1. The molecule has 1 aromatic carbocycles. The predicted octanol–water partition coefficient (Wildman–Crippen LogP) is 3.34. The molecule has 0 aliphatic heterocycles.